The first-order valence-electron chi connectivity index (χ1n) is 4.21. The van der Waals surface area contributed by atoms with Crippen LogP contribution >= 0.6 is 0 Å². The van der Waals surface area contributed by atoms with Crippen LogP contribution in [-0.2, 0) is 14.6 Å². The van der Waals surface area contributed by atoms with Crippen molar-refractivity contribution in [2.24, 2.45) is 5.73 Å². The molecule has 4 nitrogen and oxygen atoms in total. The molecular weight excluding hydrogens is 190 g/mol. The summed E-state index contributed by atoms with van der Waals surface area (Å²) in [5, 5.41) is 0. The van der Waals surface area contributed by atoms with Gasteiger partial charge in [-0.2, -0.15) is 0 Å². The Balaban J connectivity index is 2.57. The molecule has 0 aromatic rings. The van der Waals surface area contributed by atoms with Gasteiger partial charge in [-0.15, -0.1) is 0 Å². The van der Waals surface area contributed by atoms with Crippen molar-refractivity contribution in [2.45, 2.75) is 18.9 Å². The summed E-state index contributed by atoms with van der Waals surface area (Å²) in [4.78, 5) is 0. The van der Waals surface area contributed by atoms with Gasteiger partial charge in [-0.05, 0) is 13.0 Å². The number of hydrogen-bond donors (Lipinski definition) is 1. The molecule has 0 fully saturated rings. The van der Waals surface area contributed by atoms with E-state index < -0.39 is 15.4 Å². The van der Waals surface area contributed by atoms with E-state index in [4.69, 9.17) is 10.5 Å². The number of nitrogens with two attached hydrogens (primary N) is 1. The SMILES string of the molecule is CC1(CS(=O)(=O)CCN)CC=CO1. The Hall–Kier alpha value is -0.550. The summed E-state index contributed by atoms with van der Waals surface area (Å²) in [5.41, 5.74) is 4.62. The van der Waals surface area contributed by atoms with Gasteiger partial charge in [0, 0.05) is 13.0 Å². The van der Waals surface area contributed by atoms with Crippen molar-refractivity contribution in [3.8, 4) is 0 Å². The molecule has 0 saturated carbocycles. The molecule has 0 amide bonds. The third kappa shape index (κ3) is 3.00. The van der Waals surface area contributed by atoms with E-state index in [1.54, 1.807) is 13.2 Å². The zero-order valence-electron chi connectivity index (χ0n) is 7.69. The van der Waals surface area contributed by atoms with E-state index in [9.17, 15) is 8.42 Å². The molecule has 1 rings (SSSR count). The molecule has 0 aliphatic carbocycles. The van der Waals surface area contributed by atoms with Crippen molar-refractivity contribution < 1.29 is 13.2 Å². The summed E-state index contributed by atoms with van der Waals surface area (Å²) in [6.07, 6.45) is 4.03. The van der Waals surface area contributed by atoms with Gasteiger partial charge in [-0.3, -0.25) is 0 Å². The van der Waals surface area contributed by atoms with Gasteiger partial charge in [0.15, 0.2) is 9.84 Å². The highest BCUT2D eigenvalue weighted by atomic mass is 32.2. The molecule has 0 aromatic heterocycles. The molecule has 2 N–H and O–H groups in total. The lowest BCUT2D eigenvalue weighted by Crippen LogP contribution is -2.35. The van der Waals surface area contributed by atoms with Crippen LogP contribution in [-0.4, -0.2) is 32.1 Å². The van der Waals surface area contributed by atoms with Gasteiger partial charge in [0.25, 0.3) is 0 Å². The Labute approximate surface area is 78.7 Å². The summed E-state index contributed by atoms with van der Waals surface area (Å²) in [6, 6.07) is 0. The maximum absolute atomic E-state index is 11.4. The molecule has 0 spiro atoms. The molecule has 5 heteroatoms. The van der Waals surface area contributed by atoms with Crippen molar-refractivity contribution >= 4 is 9.84 Å². The Kier molecular flexibility index (Phi) is 2.98. The van der Waals surface area contributed by atoms with Gasteiger partial charge in [-0.25, -0.2) is 8.42 Å². The van der Waals surface area contributed by atoms with Crippen LogP contribution in [0.1, 0.15) is 13.3 Å². The Morgan fingerprint density at radius 1 is 1.62 bits per heavy atom. The van der Waals surface area contributed by atoms with Crippen LogP contribution in [0.4, 0.5) is 0 Å². The molecule has 1 aliphatic rings. The monoisotopic (exact) mass is 205 g/mol. The second-order valence-corrected chi connectivity index (χ2v) is 5.71. The van der Waals surface area contributed by atoms with E-state index in [0.717, 1.165) is 0 Å². The lowest BCUT2D eigenvalue weighted by Gasteiger charge is -2.23. The number of sulfone groups is 1. The van der Waals surface area contributed by atoms with Crippen LogP contribution in [0.15, 0.2) is 12.3 Å². The van der Waals surface area contributed by atoms with Gasteiger partial charge >= 0.3 is 0 Å². The van der Waals surface area contributed by atoms with Crippen LogP contribution < -0.4 is 5.73 Å². The first kappa shape index (κ1) is 10.5. The number of rotatable bonds is 4. The Morgan fingerprint density at radius 2 is 2.31 bits per heavy atom. The van der Waals surface area contributed by atoms with Gasteiger partial charge in [-0.1, -0.05) is 0 Å². The van der Waals surface area contributed by atoms with Gasteiger partial charge < -0.3 is 10.5 Å². The van der Waals surface area contributed by atoms with Crippen LogP contribution in [0.2, 0.25) is 0 Å². The molecule has 1 heterocycles. The summed E-state index contributed by atoms with van der Waals surface area (Å²) >= 11 is 0. The predicted octanol–water partition coefficient (Wildman–Crippen LogP) is 0.0526. The van der Waals surface area contributed by atoms with Crippen LogP contribution in [0.5, 0.6) is 0 Å². The minimum atomic E-state index is -3.06. The maximum Gasteiger partial charge on any atom is 0.155 e. The fourth-order valence-electron chi connectivity index (χ4n) is 1.37. The summed E-state index contributed by atoms with van der Waals surface area (Å²) in [7, 11) is -3.06. The maximum atomic E-state index is 11.4. The van der Waals surface area contributed by atoms with E-state index in [0.29, 0.717) is 6.42 Å². The second-order valence-electron chi connectivity index (χ2n) is 3.52. The zero-order valence-corrected chi connectivity index (χ0v) is 8.51. The predicted molar refractivity (Wildman–Crippen MR) is 51.0 cm³/mol. The smallest absolute Gasteiger partial charge is 0.155 e. The van der Waals surface area contributed by atoms with E-state index in [2.05, 4.69) is 0 Å². The topological polar surface area (TPSA) is 69.4 Å². The van der Waals surface area contributed by atoms with Crippen molar-refractivity contribution in [1.82, 2.24) is 0 Å². The molecule has 0 saturated heterocycles. The Morgan fingerprint density at radius 3 is 2.77 bits per heavy atom. The highest BCUT2D eigenvalue weighted by Gasteiger charge is 2.32. The summed E-state index contributed by atoms with van der Waals surface area (Å²) in [5.74, 6) is 0.0795. The quantitative estimate of drug-likeness (QED) is 0.704. The zero-order chi connectivity index (χ0) is 9.95. The fourth-order valence-corrected chi connectivity index (χ4v) is 2.99. The van der Waals surface area contributed by atoms with Gasteiger partial charge in [0.2, 0.25) is 0 Å². The standard InChI is InChI=1S/C8H15NO3S/c1-8(3-2-5-12-8)7-13(10,11)6-4-9/h2,5H,3-4,6-7,9H2,1H3. The molecule has 1 aliphatic heterocycles. The fraction of sp³-hybridized carbons (Fsp3) is 0.750. The van der Waals surface area contributed by atoms with E-state index in [-0.39, 0.29) is 18.1 Å². The molecule has 0 aromatic carbocycles. The third-order valence-corrected chi connectivity index (χ3v) is 3.86. The summed E-state index contributed by atoms with van der Waals surface area (Å²) < 4.78 is 28.0. The average molecular weight is 205 g/mol. The normalized spacial score (nSPS) is 27.5. The molecule has 1 atom stereocenters. The summed E-state index contributed by atoms with van der Waals surface area (Å²) in [6.45, 7) is 1.97. The van der Waals surface area contributed by atoms with Crippen molar-refractivity contribution in [3.05, 3.63) is 12.3 Å². The van der Waals surface area contributed by atoms with Crippen molar-refractivity contribution in [3.63, 3.8) is 0 Å². The highest BCUT2D eigenvalue weighted by molar-refractivity contribution is 7.91. The van der Waals surface area contributed by atoms with Crippen LogP contribution in [0.25, 0.3) is 0 Å². The van der Waals surface area contributed by atoms with Crippen LogP contribution in [0.3, 0.4) is 0 Å². The van der Waals surface area contributed by atoms with Crippen LogP contribution in [0, 0.1) is 0 Å². The third-order valence-electron chi connectivity index (χ3n) is 1.95. The molecule has 0 radical (unpaired) electrons. The van der Waals surface area contributed by atoms with Gasteiger partial charge in [0.1, 0.15) is 5.60 Å². The number of ether oxygens (including phenoxy) is 1. The second kappa shape index (κ2) is 3.67. The Bertz CT molecular complexity index is 287. The average Bonchev–Trinajstić information content (AvgIpc) is 2.33. The number of hydrogen-bond acceptors (Lipinski definition) is 4. The first-order chi connectivity index (χ1) is 5.97. The van der Waals surface area contributed by atoms with Crippen molar-refractivity contribution in [1.29, 1.82) is 0 Å². The lowest BCUT2D eigenvalue weighted by atomic mass is 10.1. The molecule has 76 valence electrons. The first-order valence-corrected chi connectivity index (χ1v) is 6.03. The molecular formula is C8H15NO3S. The van der Waals surface area contributed by atoms with Crippen molar-refractivity contribution in [2.75, 3.05) is 18.1 Å². The highest BCUT2D eigenvalue weighted by Crippen LogP contribution is 2.24. The van der Waals surface area contributed by atoms with E-state index >= 15 is 0 Å². The van der Waals surface area contributed by atoms with E-state index in [1.807, 2.05) is 6.08 Å². The molecule has 1 unspecified atom stereocenters. The molecule has 0 bridgehead atoms. The van der Waals surface area contributed by atoms with Gasteiger partial charge in [0.05, 0.1) is 17.8 Å². The minimum Gasteiger partial charge on any atom is -0.494 e. The largest absolute Gasteiger partial charge is 0.494 e. The lowest BCUT2D eigenvalue weighted by molar-refractivity contribution is 0.0859. The molecule has 13 heavy (non-hydrogen) atoms. The van der Waals surface area contributed by atoms with E-state index in [1.165, 1.54) is 0 Å². The minimum absolute atomic E-state index is 0.0337.